The van der Waals surface area contributed by atoms with Crippen LogP contribution in [0.15, 0.2) is 48.7 Å². The fourth-order valence-corrected chi connectivity index (χ4v) is 4.83. The SMILES string of the molecule is CC(C)(C)c1ccc(C(=O)C(=O)NCCS(=O)(=O)N2CCN(c3ccccn3)CC2)cc1. The molecular weight excluding hydrogens is 428 g/mol. The molecule has 1 fully saturated rings. The molecule has 32 heavy (non-hydrogen) atoms. The van der Waals surface area contributed by atoms with Crippen molar-refractivity contribution in [3.63, 3.8) is 0 Å². The number of carbonyl (C=O) groups is 2. The van der Waals surface area contributed by atoms with Gasteiger partial charge >= 0.3 is 0 Å². The Balaban J connectivity index is 1.48. The lowest BCUT2D eigenvalue weighted by molar-refractivity contribution is -0.116. The van der Waals surface area contributed by atoms with Gasteiger partial charge in [-0.05, 0) is 23.1 Å². The predicted octanol–water partition coefficient (Wildman–Crippen LogP) is 1.83. The van der Waals surface area contributed by atoms with Gasteiger partial charge < -0.3 is 10.2 Å². The number of hydrogen-bond donors (Lipinski definition) is 1. The summed E-state index contributed by atoms with van der Waals surface area (Å²) >= 11 is 0. The van der Waals surface area contributed by atoms with Crippen LogP contribution in [0.1, 0.15) is 36.7 Å². The van der Waals surface area contributed by atoms with Gasteiger partial charge in [0.25, 0.3) is 5.91 Å². The van der Waals surface area contributed by atoms with E-state index in [4.69, 9.17) is 0 Å². The second-order valence-corrected chi connectivity index (χ2v) is 10.9. The average molecular weight is 459 g/mol. The zero-order chi connectivity index (χ0) is 23.4. The number of ketones is 1. The van der Waals surface area contributed by atoms with Crippen molar-refractivity contribution < 1.29 is 18.0 Å². The molecule has 1 aliphatic rings. The van der Waals surface area contributed by atoms with Crippen LogP contribution in [0.3, 0.4) is 0 Å². The first-order valence-corrected chi connectivity index (χ1v) is 12.3. The van der Waals surface area contributed by atoms with Crippen LogP contribution in [-0.2, 0) is 20.2 Å². The number of Topliss-reactive ketones (excluding diaryl/α,β-unsaturated/α-hetero) is 1. The number of carbonyl (C=O) groups excluding carboxylic acids is 2. The van der Waals surface area contributed by atoms with Crippen LogP contribution in [0.2, 0.25) is 0 Å². The maximum atomic E-state index is 12.6. The predicted molar refractivity (Wildman–Crippen MR) is 124 cm³/mol. The van der Waals surface area contributed by atoms with Gasteiger partial charge in [0.2, 0.25) is 15.8 Å². The summed E-state index contributed by atoms with van der Waals surface area (Å²) in [6.07, 6.45) is 1.71. The molecule has 0 spiro atoms. The van der Waals surface area contributed by atoms with E-state index in [1.165, 1.54) is 4.31 Å². The van der Waals surface area contributed by atoms with Crippen LogP contribution in [0, 0.1) is 0 Å². The molecule has 1 saturated heterocycles. The van der Waals surface area contributed by atoms with Gasteiger partial charge in [-0.1, -0.05) is 51.1 Å². The van der Waals surface area contributed by atoms with E-state index in [-0.39, 0.29) is 23.3 Å². The van der Waals surface area contributed by atoms with Gasteiger partial charge in [-0.15, -0.1) is 0 Å². The highest BCUT2D eigenvalue weighted by Crippen LogP contribution is 2.22. The van der Waals surface area contributed by atoms with Crippen LogP contribution < -0.4 is 10.2 Å². The standard InChI is InChI=1S/C23H30N4O4S/c1-23(2,3)19-9-7-18(8-10-19)21(28)22(29)25-12-17-32(30,31)27-15-13-26(14-16-27)20-6-4-5-11-24-20/h4-11H,12-17H2,1-3H3,(H,25,29). The van der Waals surface area contributed by atoms with E-state index in [0.717, 1.165) is 11.4 Å². The summed E-state index contributed by atoms with van der Waals surface area (Å²) in [5, 5.41) is 2.44. The Morgan fingerprint density at radius 3 is 2.22 bits per heavy atom. The summed E-state index contributed by atoms with van der Waals surface area (Å²) in [7, 11) is -3.54. The highest BCUT2D eigenvalue weighted by atomic mass is 32.2. The first kappa shape index (κ1) is 23.9. The van der Waals surface area contributed by atoms with Crippen molar-refractivity contribution in [2.45, 2.75) is 26.2 Å². The van der Waals surface area contributed by atoms with Crippen molar-refractivity contribution in [2.75, 3.05) is 43.4 Å². The zero-order valence-corrected chi connectivity index (χ0v) is 19.6. The monoisotopic (exact) mass is 458 g/mol. The minimum atomic E-state index is -3.54. The molecular formula is C23H30N4O4S. The van der Waals surface area contributed by atoms with E-state index in [2.05, 4.69) is 31.1 Å². The Bertz CT molecular complexity index is 1040. The first-order chi connectivity index (χ1) is 15.1. The Hall–Kier alpha value is -2.78. The fourth-order valence-electron chi connectivity index (χ4n) is 3.49. The van der Waals surface area contributed by atoms with E-state index in [9.17, 15) is 18.0 Å². The van der Waals surface area contributed by atoms with Gasteiger partial charge in [0.15, 0.2) is 0 Å². The number of amides is 1. The van der Waals surface area contributed by atoms with Crippen LogP contribution in [0.25, 0.3) is 0 Å². The number of sulfonamides is 1. The quantitative estimate of drug-likeness (QED) is 0.502. The third-order valence-corrected chi connectivity index (χ3v) is 7.34. The van der Waals surface area contributed by atoms with Crippen molar-refractivity contribution in [3.8, 4) is 0 Å². The molecule has 172 valence electrons. The number of nitrogens with one attached hydrogen (secondary N) is 1. The van der Waals surface area contributed by atoms with Crippen molar-refractivity contribution in [3.05, 3.63) is 59.8 Å². The maximum Gasteiger partial charge on any atom is 0.292 e. The minimum absolute atomic E-state index is 0.0543. The molecule has 0 aliphatic carbocycles. The number of benzene rings is 1. The van der Waals surface area contributed by atoms with Crippen molar-refractivity contribution in [1.29, 1.82) is 0 Å². The van der Waals surface area contributed by atoms with E-state index in [1.54, 1.807) is 18.3 Å². The molecule has 1 aromatic carbocycles. The highest BCUT2D eigenvalue weighted by Gasteiger charge is 2.27. The molecule has 1 aliphatic heterocycles. The van der Waals surface area contributed by atoms with Crippen molar-refractivity contribution >= 4 is 27.5 Å². The summed E-state index contributed by atoms with van der Waals surface area (Å²) < 4.78 is 26.7. The second-order valence-electron chi connectivity index (χ2n) is 8.80. The average Bonchev–Trinajstić information content (AvgIpc) is 2.78. The Morgan fingerprint density at radius 2 is 1.66 bits per heavy atom. The summed E-state index contributed by atoms with van der Waals surface area (Å²) in [6, 6.07) is 12.5. The van der Waals surface area contributed by atoms with Gasteiger partial charge in [0.05, 0.1) is 5.75 Å². The lowest BCUT2D eigenvalue weighted by atomic mass is 9.86. The lowest BCUT2D eigenvalue weighted by Crippen LogP contribution is -2.50. The molecule has 9 heteroatoms. The van der Waals surface area contributed by atoms with Crippen molar-refractivity contribution in [2.24, 2.45) is 0 Å². The molecule has 8 nitrogen and oxygen atoms in total. The lowest BCUT2D eigenvalue weighted by Gasteiger charge is -2.34. The molecule has 2 heterocycles. The number of pyridine rings is 1. The van der Waals surface area contributed by atoms with E-state index >= 15 is 0 Å². The Morgan fingerprint density at radius 1 is 1.00 bits per heavy atom. The van der Waals surface area contributed by atoms with E-state index in [1.807, 2.05) is 35.2 Å². The number of nitrogens with zero attached hydrogens (tertiary/aromatic N) is 3. The van der Waals surface area contributed by atoms with Crippen LogP contribution in [-0.4, -0.2) is 67.9 Å². The van der Waals surface area contributed by atoms with Gasteiger partial charge in [0, 0.05) is 44.5 Å². The third-order valence-electron chi connectivity index (χ3n) is 5.47. The molecule has 2 aromatic rings. The molecule has 1 N–H and O–H groups in total. The van der Waals surface area contributed by atoms with Crippen LogP contribution >= 0.6 is 0 Å². The summed E-state index contributed by atoms with van der Waals surface area (Å²) in [6.45, 7) is 7.88. The molecule has 0 bridgehead atoms. The number of rotatable bonds is 7. The fraction of sp³-hybridized carbons (Fsp3) is 0.435. The summed E-state index contributed by atoms with van der Waals surface area (Å²) in [5.74, 6) is -0.903. The van der Waals surface area contributed by atoms with E-state index < -0.39 is 21.7 Å². The minimum Gasteiger partial charge on any atom is -0.354 e. The van der Waals surface area contributed by atoms with Gasteiger partial charge in [-0.3, -0.25) is 9.59 Å². The smallest absolute Gasteiger partial charge is 0.292 e. The number of hydrogen-bond acceptors (Lipinski definition) is 6. The summed E-state index contributed by atoms with van der Waals surface area (Å²) in [4.78, 5) is 30.9. The first-order valence-electron chi connectivity index (χ1n) is 10.6. The number of aromatic nitrogens is 1. The van der Waals surface area contributed by atoms with Crippen molar-refractivity contribution in [1.82, 2.24) is 14.6 Å². The largest absolute Gasteiger partial charge is 0.354 e. The van der Waals surface area contributed by atoms with E-state index in [0.29, 0.717) is 26.2 Å². The second kappa shape index (κ2) is 9.79. The summed E-state index contributed by atoms with van der Waals surface area (Å²) in [5.41, 5.74) is 1.29. The molecule has 0 radical (unpaired) electrons. The Kier molecular flexibility index (Phi) is 7.30. The normalized spacial score (nSPS) is 15.4. The number of anilines is 1. The van der Waals surface area contributed by atoms with Gasteiger partial charge in [0.1, 0.15) is 5.82 Å². The molecule has 3 rings (SSSR count). The van der Waals surface area contributed by atoms with Gasteiger partial charge in [-0.25, -0.2) is 13.4 Å². The van der Waals surface area contributed by atoms with Gasteiger partial charge in [-0.2, -0.15) is 4.31 Å². The molecule has 0 unspecified atom stereocenters. The molecule has 1 aromatic heterocycles. The number of piperazine rings is 1. The molecule has 1 amide bonds. The zero-order valence-electron chi connectivity index (χ0n) is 18.7. The topological polar surface area (TPSA) is 99.7 Å². The molecule has 0 atom stereocenters. The Labute approximate surface area is 189 Å². The molecule has 0 saturated carbocycles. The third kappa shape index (κ3) is 5.92. The van der Waals surface area contributed by atoms with Crippen LogP contribution in [0.4, 0.5) is 5.82 Å². The maximum absolute atomic E-state index is 12.6. The van der Waals surface area contributed by atoms with Crippen LogP contribution in [0.5, 0.6) is 0 Å². The highest BCUT2D eigenvalue weighted by molar-refractivity contribution is 7.89.